The van der Waals surface area contributed by atoms with Crippen LogP contribution in [-0.4, -0.2) is 31.2 Å². The molecule has 3 aromatic rings. The number of para-hydroxylation sites is 2. The number of rotatable bonds is 6. The molecule has 0 radical (unpaired) electrons. The van der Waals surface area contributed by atoms with Crippen molar-refractivity contribution in [1.82, 2.24) is 9.88 Å². The number of ether oxygens (including phenoxy) is 1. The molecule has 1 heterocycles. The van der Waals surface area contributed by atoms with Crippen LogP contribution in [0.2, 0.25) is 0 Å². The Bertz CT molecular complexity index is 891. The van der Waals surface area contributed by atoms with Crippen LogP contribution in [0.3, 0.4) is 0 Å². The Morgan fingerprint density at radius 2 is 1.89 bits per heavy atom. The fraction of sp³-hybridized carbons (Fsp3) is 0.286. The van der Waals surface area contributed by atoms with Crippen LogP contribution in [0.15, 0.2) is 53.0 Å². The summed E-state index contributed by atoms with van der Waals surface area (Å²) in [6.07, 6.45) is 0.932. The number of carbonyl (C=O) groups is 1. The quantitative estimate of drug-likeness (QED) is 0.625. The summed E-state index contributed by atoms with van der Waals surface area (Å²) in [5.41, 5.74) is 8.78. The van der Waals surface area contributed by atoms with Crippen LogP contribution in [0, 0.1) is 6.92 Å². The van der Waals surface area contributed by atoms with Crippen LogP contribution in [0.1, 0.15) is 11.3 Å². The second-order valence-corrected chi connectivity index (χ2v) is 6.98. The highest BCUT2D eigenvalue weighted by Gasteiger charge is 2.16. The van der Waals surface area contributed by atoms with Gasteiger partial charge in [0.15, 0.2) is 0 Å². The van der Waals surface area contributed by atoms with Crippen molar-refractivity contribution in [2.24, 2.45) is 5.73 Å². The van der Waals surface area contributed by atoms with Crippen LogP contribution in [0.5, 0.6) is 5.75 Å². The average Bonchev–Trinajstić information content (AvgIpc) is 2.93. The van der Waals surface area contributed by atoms with E-state index in [9.17, 15) is 4.79 Å². The molecule has 144 valence electrons. The number of benzene rings is 2. The van der Waals surface area contributed by atoms with E-state index in [0.717, 1.165) is 34.4 Å². The monoisotopic (exact) mass is 431 g/mol. The van der Waals surface area contributed by atoms with Gasteiger partial charge in [-0.25, -0.2) is 0 Å². The molecule has 0 saturated carbocycles. The molecule has 0 atom stereocenters. The fourth-order valence-electron chi connectivity index (χ4n) is 3.03. The highest BCUT2D eigenvalue weighted by atomic mass is 79.9. The summed E-state index contributed by atoms with van der Waals surface area (Å²) >= 11 is 3.56. The van der Waals surface area contributed by atoms with Gasteiger partial charge in [-0.3, -0.25) is 4.79 Å². The normalized spacial score (nSPS) is 10.4. The molecular weight excluding hydrogens is 406 g/mol. The predicted molar refractivity (Wildman–Crippen MR) is 114 cm³/mol. The summed E-state index contributed by atoms with van der Waals surface area (Å²) < 4.78 is 7.90. The van der Waals surface area contributed by atoms with Gasteiger partial charge in [-0.15, -0.1) is 0 Å². The van der Waals surface area contributed by atoms with Crippen LogP contribution >= 0.6 is 15.9 Å². The van der Waals surface area contributed by atoms with Crippen LogP contribution in [0.4, 0.5) is 0 Å². The maximum atomic E-state index is 11.3. The maximum absolute atomic E-state index is 11.3. The number of nitrogens with two attached hydrogens (primary N) is 1. The van der Waals surface area contributed by atoms with Crippen molar-refractivity contribution in [2.45, 2.75) is 19.9 Å². The minimum atomic E-state index is -0.323. The molecule has 0 aliphatic heterocycles. The van der Waals surface area contributed by atoms with Gasteiger partial charge >= 0.3 is 0 Å². The number of nitrogens with zero attached hydrogens (tertiary/aromatic N) is 1. The molecule has 0 fully saturated rings. The van der Waals surface area contributed by atoms with Gasteiger partial charge in [-0.05, 0) is 66.6 Å². The first-order valence-electron chi connectivity index (χ1n) is 8.77. The Balaban J connectivity index is 0.000000273. The fourth-order valence-corrected chi connectivity index (χ4v) is 3.61. The van der Waals surface area contributed by atoms with Gasteiger partial charge in [0.2, 0.25) is 5.91 Å². The maximum Gasteiger partial charge on any atom is 0.237 e. The molecule has 1 amide bonds. The summed E-state index contributed by atoms with van der Waals surface area (Å²) in [7, 11) is 3.60. The zero-order valence-electron chi connectivity index (χ0n) is 16.0. The first-order chi connectivity index (χ1) is 13.0. The predicted octanol–water partition coefficient (Wildman–Crippen LogP) is 3.65. The largest absolute Gasteiger partial charge is 0.497 e. The highest BCUT2D eigenvalue weighted by molar-refractivity contribution is 9.10. The van der Waals surface area contributed by atoms with Crippen molar-refractivity contribution in [1.29, 1.82) is 0 Å². The Hall–Kier alpha value is -2.31. The second-order valence-electron chi connectivity index (χ2n) is 6.12. The Morgan fingerprint density at radius 3 is 2.44 bits per heavy atom. The number of primary amides is 1. The number of aromatic nitrogens is 1. The van der Waals surface area contributed by atoms with E-state index in [1.165, 1.54) is 10.9 Å². The third-order valence-corrected chi connectivity index (χ3v) is 4.98. The zero-order valence-corrected chi connectivity index (χ0v) is 17.5. The Labute approximate surface area is 168 Å². The van der Waals surface area contributed by atoms with E-state index in [-0.39, 0.29) is 12.5 Å². The summed E-state index contributed by atoms with van der Waals surface area (Å²) in [6, 6.07) is 15.8. The van der Waals surface area contributed by atoms with Crippen molar-refractivity contribution in [3.05, 3.63) is 64.3 Å². The smallest absolute Gasteiger partial charge is 0.237 e. The molecule has 3 rings (SSSR count). The summed E-state index contributed by atoms with van der Waals surface area (Å²) in [5, 5.41) is 4.34. The van der Waals surface area contributed by atoms with E-state index in [1.807, 2.05) is 61.0 Å². The lowest BCUT2D eigenvalue weighted by Gasteiger charge is -2.07. The van der Waals surface area contributed by atoms with E-state index in [0.29, 0.717) is 0 Å². The number of likely N-dealkylation sites (N-methyl/N-ethyl adjacent to an activating group) is 1. The molecule has 27 heavy (non-hydrogen) atoms. The minimum absolute atomic E-state index is 0.213. The van der Waals surface area contributed by atoms with Gasteiger partial charge in [-0.2, -0.15) is 0 Å². The molecule has 0 bridgehead atoms. The van der Waals surface area contributed by atoms with Crippen molar-refractivity contribution in [3.8, 4) is 5.75 Å². The van der Waals surface area contributed by atoms with E-state index in [2.05, 4.69) is 27.3 Å². The van der Waals surface area contributed by atoms with Gasteiger partial charge in [0.25, 0.3) is 0 Å². The van der Waals surface area contributed by atoms with Gasteiger partial charge in [0, 0.05) is 15.6 Å². The number of methoxy groups -OCH3 is 1. The van der Waals surface area contributed by atoms with Crippen molar-refractivity contribution >= 4 is 32.7 Å². The van der Waals surface area contributed by atoms with Crippen LogP contribution in [0.25, 0.3) is 10.9 Å². The molecule has 5 nitrogen and oxygen atoms in total. The van der Waals surface area contributed by atoms with Crippen molar-refractivity contribution < 1.29 is 9.53 Å². The number of carbonyl (C=O) groups excluding carboxylic acids is 1. The van der Waals surface area contributed by atoms with Crippen LogP contribution in [-0.2, 0) is 17.8 Å². The van der Waals surface area contributed by atoms with Crippen molar-refractivity contribution in [3.63, 3.8) is 0 Å². The van der Waals surface area contributed by atoms with Crippen LogP contribution < -0.4 is 15.8 Å². The van der Waals surface area contributed by atoms with Gasteiger partial charge < -0.3 is 20.4 Å². The summed E-state index contributed by atoms with van der Waals surface area (Å²) in [4.78, 5) is 11.3. The average molecular weight is 432 g/mol. The Kier molecular flexibility index (Phi) is 7.88. The van der Waals surface area contributed by atoms with Gasteiger partial charge in [0.05, 0.1) is 12.6 Å². The van der Waals surface area contributed by atoms with E-state index < -0.39 is 0 Å². The Morgan fingerprint density at radius 1 is 1.19 bits per heavy atom. The van der Waals surface area contributed by atoms with Gasteiger partial charge in [0.1, 0.15) is 12.3 Å². The van der Waals surface area contributed by atoms with E-state index >= 15 is 0 Å². The standard InChI is InChI=1S/C14H18BrN3O.C7H8O/c1-9-10(6-7-17-2)11-4-3-5-12(15)14(11)18(9)8-13(16)19;1-8-7-5-3-2-4-6-7/h3-5,17H,6-8H2,1-2H3,(H2,16,19);2-6H,1H3. The lowest BCUT2D eigenvalue weighted by molar-refractivity contribution is -0.118. The molecular formula is C21H26BrN3O2. The lowest BCUT2D eigenvalue weighted by Crippen LogP contribution is -2.19. The summed E-state index contributed by atoms with van der Waals surface area (Å²) in [5.74, 6) is 0.586. The minimum Gasteiger partial charge on any atom is -0.497 e. The summed E-state index contributed by atoms with van der Waals surface area (Å²) in [6.45, 7) is 3.16. The van der Waals surface area contributed by atoms with Crippen molar-refractivity contribution in [2.75, 3.05) is 20.7 Å². The molecule has 0 unspecified atom stereocenters. The number of hydrogen-bond donors (Lipinski definition) is 2. The molecule has 0 saturated heterocycles. The topological polar surface area (TPSA) is 69.3 Å². The SMILES string of the molecule is CNCCc1c(C)n(CC(N)=O)c2c(Br)cccc12.COc1ccccc1. The highest BCUT2D eigenvalue weighted by Crippen LogP contribution is 2.31. The number of amides is 1. The first kappa shape index (κ1) is 21.0. The number of halogens is 1. The number of hydrogen-bond acceptors (Lipinski definition) is 3. The molecule has 0 aliphatic rings. The zero-order chi connectivity index (χ0) is 19.8. The molecule has 0 spiro atoms. The first-order valence-corrected chi connectivity index (χ1v) is 9.57. The molecule has 0 aliphatic carbocycles. The third-order valence-electron chi connectivity index (χ3n) is 4.34. The number of nitrogens with one attached hydrogen (secondary N) is 1. The second kappa shape index (κ2) is 10.1. The molecule has 6 heteroatoms. The molecule has 1 aromatic heterocycles. The molecule has 2 aromatic carbocycles. The third kappa shape index (κ3) is 5.34. The van der Waals surface area contributed by atoms with E-state index in [4.69, 9.17) is 10.5 Å². The number of fused-ring (bicyclic) bond motifs is 1. The lowest BCUT2D eigenvalue weighted by atomic mass is 10.1. The van der Waals surface area contributed by atoms with Gasteiger partial charge in [-0.1, -0.05) is 30.3 Å². The van der Waals surface area contributed by atoms with E-state index in [1.54, 1.807) is 7.11 Å². The molecule has 3 N–H and O–H groups in total.